The van der Waals surface area contributed by atoms with E-state index in [0.717, 1.165) is 10.4 Å². The van der Waals surface area contributed by atoms with Crippen LogP contribution in [0, 0.1) is 6.92 Å². The monoisotopic (exact) mass is 314 g/mol. The third-order valence-corrected chi connectivity index (χ3v) is 4.02. The molecule has 0 unspecified atom stereocenters. The van der Waals surface area contributed by atoms with Crippen LogP contribution in [-0.4, -0.2) is 16.2 Å². The van der Waals surface area contributed by atoms with E-state index in [2.05, 4.69) is 10.2 Å². The minimum Gasteiger partial charge on any atom is -0.448 e. The van der Waals surface area contributed by atoms with Gasteiger partial charge >= 0.3 is 5.97 Å². The van der Waals surface area contributed by atoms with Crippen LogP contribution in [0.4, 0.5) is 0 Å². The normalized spacial score (nSPS) is 12.1. The van der Waals surface area contributed by atoms with Crippen LogP contribution in [0.25, 0.3) is 11.5 Å². The molecule has 1 atom stereocenters. The summed E-state index contributed by atoms with van der Waals surface area (Å²) in [4.78, 5) is 13.6. The largest absolute Gasteiger partial charge is 0.448 e. The Morgan fingerprint density at radius 1 is 1.18 bits per heavy atom. The van der Waals surface area contributed by atoms with Gasteiger partial charge < -0.3 is 9.15 Å². The number of rotatable bonds is 4. The molecule has 0 fully saturated rings. The van der Waals surface area contributed by atoms with Crippen molar-refractivity contribution in [2.75, 3.05) is 0 Å². The summed E-state index contributed by atoms with van der Waals surface area (Å²) < 4.78 is 10.9. The molecule has 1 aromatic carbocycles. The molecule has 6 heteroatoms. The van der Waals surface area contributed by atoms with Crippen LogP contribution in [0.2, 0.25) is 0 Å². The first-order valence-electron chi connectivity index (χ1n) is 6.80. The molecule has 0 aliphatic rings. The Kier molecular flexibility index (Phi) is 4.02. The number of carbonyl (C=O) groups excluding carboxylic acids is 1. The molecule has 2 heterocycles. The van der Waals surface area contributed by atoms with Crippen molar-refractivity contribution >= 4 is 17.3 Å². The Labute approximate surface area is 131 Å². The Bertz CT molecular complexity index is 780. The third kappa shape index (κ3) is 3.07. The number of hydrogen-bond donors (Lipinski definition) is 0. The predicted molar refractivity (Wildman–Crippen MR) is 82.6 cm³/mol. The van der Waals surface area contributed by atoms with E-state index in [1.54, 1.807) is 13.0 Å². The van der Waals surface area contributed by atoms with Gasteiger partial charge in [-0.2, -0.15) is 0 Å². The standard InChI is InChI=1S/C16H14N2O3S/c1-10-8-9-13(22-10)16(19)20-11(2)14-17-18-15(21-14)12-6-4-3-5-7-12/h3-9,11H,1-2H3/t11-/m1/s1. The molecule has 0 aliphatic heterocycles. The molecule has 3 aromatic rings. The van der Waals surface area contributed by atoms with E-state index < -0.39 is 6.10 Å². The number of esters is 1. The van der Waals surface area contributed by atoms with Crippen molar-refractivity contribution in [3.63, 3.8) is 0 Å². The van der Waals surface area contributed by atoms with E-state index in [1.165, 1.54) is 11.3 Å². The second-order valence-electron chi connectivity index (χ2n) is 4.77. The average Bonchev–Trinajstić information content (AvgIpc) is 3.17. The lowest BCUT2D eigenvalue weighted by Gasteiger charge is -2.07. The molecule has 22 heavy (non-hydrogen) atoms. The molecule has 2 aromatic heterocycles. The number of nitrogens with zero attached hydrogens (tertiary/aromatic N) is 2. The van der Waals surface area contributed by atoms with E-state index in [-0.39, 0.29) is 11.9 Å². The summed E-state index contributed by atoms with van der Waals surface area (Å²) in [6.45, 7) is 3.65. The van der Waals surface area contributed by atoms with E-state index in [4.69, 9.17) is 9.15 Å². The summed E-state index contributed by atoms with van der Waals surface area (Å²) >= 11 is 1.39. The Morgan fingerprint density at radius 3 is 2.64 bits per heavy atom. The minimum atomic E-state index is -0.597. The number of carbonyl (C=O) groups is 1. The van der Waals surface area contributed by atoms with Crippen molar-refractivity contribution in [2.24, 2.45) is 0 Å². The van der Waals surface area contributed by atoms with Gasteiger partial charge in [-0.3, -0.25) is 0 Å². The fourth-order valence-electron chi connectivity index (χ4n) is 1.91. The molecule has 0 bridgehead atoms. The number of hydrogen-bond acceptors (Lipinski definition) is 6. The number of ether oxygens (including phenoxy) is 1. The van der Waals surface area contributed by atoms with Gasteiger partial charge in [0.25, 0.3) is 5.89 Å². The molecule has 0 saturated carbocycles. The molecule has 0 amide bonds. The zero-order valence-electron chi connectivity index (χ0n) is 12.1. The molecule has 112 valence electrons. The predicted octanol–water partition coefficient (Wildman–Crippen LogP) is 4.02. The number of thiophene rings is 1. The molecule has 0 aliphatic carbocycles. The molecule has 3 rings (SSSR count). The molecule has 5 nitrogen and oxygen atoms in total. The van der Waals surface area contributed by atoms with Crippen molar-refractivity contribution in [3.8, 4) is 11.5 Å². The highest BCUT2D eigenvalue weighted by Gasteiger charge is 2.20. The highest BCUT2D eigenvalue weighted by Crippen LogP contribution is 2.24. The fraction of sp³-hybridized carbons (Fsp3) is 0.188. The van der Waals surface area contributed by atoms with Crippen LogP contribution in [0.5, 0.6) is 0 Å². The lowest BCUT2D eigenvalue weighted by Crippen LogP contribution is -2.08. The Hall–Kier alpha value is -2.47. The van der Waals surface area contributed by atoms with Gasteiger partial charge in [-0.25, -0.2) is 4.79 Å². The van der Waals surface area contributed by atoms with Crippen molar-refractivity contribution in [1.29, 1.82) is 0 Å². The zero-order valence-corrected chi connectivity index (χ0v) is 13.0. The first kappa shape index (κ1) is 14.5. The smallest absolute Gasteiger partial charge is 0.349 e. The minimum absolute atomic E-state index is 0.278. The molecule has 0 radical (unpaired) electrons. The van der Waals surface area contributed by atoms with Crippen LogP contribution < -0.4 is 0 Å². The maximum atomic E-state index is 12.0. The van der Waals surface area contributed by atoms with Crippen LogP contribution in [0.3, 0.4) is 0 Å². The van der Waals surface area contributed by atoms with Crippen LogP contribution in [0.1, 0.15) is 33.5 Å². The van der Waals surface area contributed by atoms with E-state index in [1.807, 2.05) is 43.3 Å². The van der Waals surface area contributed by atoms with Gasteiger partial charge in [0.05, 0.1) is 0 Å². The van der Waals surface area contributed by atoms with Gasteiger partial charge in [0, 0.05) is 10.4 Å². The SMILES string of the molecule is Cc1ccc(C(=O)O[C@H](C)c2nnc(-c3ccccc3)o2)s1. The van der Waals surface area contributed by atoms with Gasteiger partial charge in [0.2, 0.25) is 5.89 Å². The molecule has 0 N–H and O–H groups in total. The highest BCUT2D eigenvalue weighted by molar-refractivity contribution is 7.13. The number of aromatic nitrogens is 2. The lowest BCUT2D eigenvalue weighted by atomic mass is 10.2. The van der Waals surface area contributed by atoms with Crippen molar-refractivity contribution < 1.29 is 13.9 Å². The molecular formula is C16H14N2O3S. The van der Waals surface area contributed by atoms with E-state index in [0.29, 0.717) is 10.8 Å². The second kappa shape index (κ2) is 6.11. The summed E-state index contributed by atoms with van der Waals surface area (Å²) in [6.07, 6.45) is -0.597. The van der Waals surface area contributed by atoms with Crippen LogP contribution in [-0.2, 0) is 4.74 Å². The average molecular weight is 314 g/mol. The highest BCUT2D eigenvalue weighted by atomic mass is 32.1. The van der Waals surface area contributed by atoms with E-state index in [9.17, 15) is 4.79 Å². The number of benzene rings is 1. The van der Waals surface area contributed by atoms with E-state index >= 15 is 0 Å². The first-order chi connectivity index (χ1) is 10.6. The van der Waals surface area contributed by atoms with Gasteiger partial charge in [-0.15, -0.1) is 21.5 Å². The van der Waals surface area contributed by atoms with Crippen molar-refractivity contribution in [1.82, 2.24) is 10.2 Å². The van der Waals surface area contributed by atoms with Crippen molar-refractivity contribution in [3.05, 3.63) is 58.1 Å². The molecule has 0 spiro atoms. The molecule has 0 saturated heterocycles. The van der Waals surface area contributed by atoms with Crippen LogP contribution >= 0.6 is 11.3 Å². The Balaban J connectivity index is 1.72. The third-order valence-electron chi connectivity index (χ3n) is 3.03. The summed E-state index contributed by atoms with van der Waals surface area (Å²) in [5, 5.41) is 7.94. The van der Waals surface area contributed by atoms with Gasteiger partial charge in [-0.1, -0.05) is 18.2 Å². The second-order valence-corrected chi connectivity index (χ2v) is 6.06. The van der Waals surface area contributed by atoms with Crippen molar-refractivity contribution in [2.45, 2.75) is 20.0 Å². The van der Waals surface area contributed by atoms with Crippen LogP contribution in [0.15, 0.2) is 46.9 Å². The maximum absolute atomic E-state index is 12.0. The topological polar surface area (TPSA) is 65.2 Å². The quantitative estimate of drug-likeness (QED) is 0.680. The summed E-state index contributed by atoms with van der Waals surface area (Å²) in [5.74, 6) is 0.302. The Morgan fingerprint density at radius 2 is 1.95 bits per heavy atom. The van der Waals surface area contributed by atoms with Gasteiger partial charge in [0.15, 0.2) is 6.10 Å². The summed E-state index contributed by atoms with van der Waals surface area (Å²) in [7, 11) is 0. The maximum Gasteiger partial charge on any atom is 0.349 e. The first-order valence-corrected chi connectivity index (χ1v) is 7.61. The summed E-state index contributed by atoms with van der Waals surface area (Å²) in [5.41, 5.74) is 0.827. The van der Waals surface area contributed by atoms with Gasteiger partial charge in [-0.05, 0) is 38.1 Å². The zero-order chi connectivity index (χ0) is 15.5. The molecular weight excluding hydrogens is 300 g/mol. The van der Waals surface area contributed by atoms with Gasteiger partial charge in [0.1, 0.15) is 4.88 Å². The fourth-order valence-corrected chi connectivity index (χ4v) is 2.66. The lowest BCUT2D eigenvalue weighted by molar-refractivity contribution is 0.0285. The number of aryl methyl sites for hydroxylation is 1. The summed E-state index contributed by atoms with van der Waals surface area (Å²) in [6, 6.07) is 13.1.